The van der Waals surface area contributed by atoms with Gasteiger partial charge in [0.15, 0.2) is 6.04 Å². The van der Waals surface area contributed by atoms with E-state index in [0.29, 0.717) is 16.1 Å². The van der Waals surface area contributed by atoms with Crippen LogP contribution in [0.25, 0.3) is 0 Å². The van der Waals surface area contributed by atoms with Crippen molar-refractivity contribution in [2.24, 2.45) is 0 Å². The van der Waals surface area contributed by atoms with Crippen LogP contribution in [0.4, 0.5) is 4.39 Å². The molecule has 156 valence electrons. The maximum absolute atomic E-state index is 13.3. The minimum Gasteiger partial charge on any atom is -0.334 e. The number of nitrogens with zero attached hydrogens (tertiary/aromatic N) is 1. The first kappa shape index (κ1) is 20.8. The molecule has 0 unspecified atom stereocenters. The Morgan fingerprint density at radius 1 is 1.03 bits per heavy atom. The predicted molar refractivity (Wildman–Crippen MR) is 117 cm³/mol. The van der Waals surface area contributed by atoms with Crippen LogP contribution in [0, 0.1) is 12.7 Å². The summed E-state index contributed by atoms with van der Waals surface area (Å²) in [5.41, 5.74) is 5.85. The number of carbonyl (C=O) groups excluding carboxylic acids is 2. The molecule has 0 saturated carbocycles. The number of hydrogen-bond acceptors (Lipinski definition) is 2. The second-order valence-corrected chi connectivity index (χ2v) is 7.81. The van der Waals surface area contributed by atoms with Crippen LogP contribution in [0.1, 0.15) is 33.1 Å². The molecule has 2 N–H and O–H groups in total. The van der Waals surface area contributed by atoms with Gasteiger partial charge in [0.2, 0.25) is 12.3 Å². The number of benzene rings is 3. The average molecular weight is 437 g/mol. The normalized spacial score (nSPS) is 19.3. The number of amides is 2. The second kappa shape index (κ2) is 8.70. The molecule has 1 aliphatic rings. The van der Waals surface area contributed by atoms with Gasteiger partial charge in [-0.15, -0.1) is 10.1 Å². The summed E-state index contributed by atoms with van der Waals surface area (Å²) in [5.74, 6) is -1.06. The van der Waals surface area contributed by atoms with Crippen molar-refractivity contribution in [2.45, 2.75) is 19.0 Å². The number of carbonyl (C=O) groups is 2. The van der Waals surface area contributed by atoms with Crippen molar-refractivity contribution in [3.05, 3.63) is 106 Å². The summed E-state index contributed by atoms with van der Waals surface area (Å²) in [5, 5.41) is 3.36. The Hall–Kier alpha value is -3.51. The van der Waals surface area contributed by atoms with Gasteiger partial charge in [0.1, 0.15) is 5.82 Å². The Labute approximate surface area is 184 Å². The van der Waals surface area contributed by atoms with Crippen molar-refractivity contribution in [3.63, 3.8) is 0 Å². The van der Waals surface area contributed by atoms with Gasteiger partial charge in [-0.2, -0.15) is 0 Å². The van der Waals surface area contributed by atoms with Crippen molar-refractivity contribution >= 4 is 29.6 Å². The molecule has 3 aromatic carbocycles. The van der Waals surface area contributed by atoms with E-state index in [9.17, 15) is 14.0 Å². The molecule has 2 atom stereocenters. The van der Waals surface area contributed by atoms with Gasteiger partial charge in [-0.1, -0.05) is 41.4 Å². The van der Waals surface area contributed by atoms with E-state index in [0.717, 1.165) is 11.1 Å². The van der Waals surface area contributed by atoms with Crippen LogP contribution in [0.5, 0.6) is 0 Å². The lowest BCUT2D eigenvalue weighted by atomic mass is 9.98. The van der Waals surface area contributed by atoms with Gasteiger partial charge >= 0.3 is 5.91 Å². The highest BCUT2D eigenvalue weighted by molar-refractivity contribution is 6.30. The van der Waals surface area contributed by atoms with Gasteiger partial charge in [-0.3, -0.25) is 9.59 Å². The lowest BCUT2D eigenvalue weighted by molar-refractivity contribution is -0.596. The van der Waals surface area contributed by atoms with Crippen molar-refractivity contribution < 1.29 is 18.7 Å². The SMILES string of the molecule is Cc1ccc([C@@H]2[C@H](NC(=O)c3ccc(Cl)cc3)C(=O)N/[N+]2=C\c2ccc(F)cc2)cc1. The van der Waals surface area contributed by atoms with E-state index >= 15 is 0 Å². The number of hydrazone groups is 1. The Morgan fingerprint density at radius 2 is 1.68 bits per heavy atom. The molecule has 31 heavy (non-hydrogen) atoms. The molecule has 1 saturated heterocycles. The van der Waals surface area contributed by atoms with Gasteiger partial charge < -0.3 is 5.32 Å². The monoisotopic (exact) mass is 436 g/mol. The first-order chi connectivity index (χ1) is 14.9. The van der Waals surface area contributed by atoms with Gasteiger partial charge in [-0.05, 0) is 55.5 Å². The van der Waals surface area contributed by atoms with Crippen molar-refractivity contribution in [1.29, 1.82) is 0 Å². The lowest BCUT2D eigenvalue weighted by Gasteiger charge is -2.15. The zero-order valence-electron chi connectivity index (χ0n) is 16.7. The quantitative estimate of drug-likeness (QED) is 0.611. The summed E-state index contributed by atoms with van der Waals surface area (Å²) < 4.78 is 14.9. The van der Waals surface area contributed by atoms with Gasteiger partial charge in [0, 0.05) is 21.7 Å². The molecule has 4 rings (SSSR count). The molecule has 5 nitrogen and oxygen atoms in total. The van der Waals surface area contributed by atoms with Crippen LogP contribution in [-0.4, -0.2) is 28.8 Å². The minimum atomic E-state index is -0.831. The molecule has 1 heterocycles. The standard InChI is InChI=1S/C24H19ClFN3O2/c1-15-2-6-17(7-3-15)22-21(27-23(30)18-8-10-19(25)11-9-18)24(31)28-29(22)14-16-4-12-20(26)13-5-16/h2-14,21-22H,1H3,(H-,27,28,30,31)/p+1/b29-14-/t21-,22+/m0/s1. The van der Waals surface area contributed by atoms with E-state index in [-0.39, 0.29) is 17.6 Å². The Balaban J connectivity index is 1.69. The van der Waals surface area contributed by atoms with Gasteiger partial charge in [0.25, 0.3) is 5.91 Å². The fraction of sp³-hybridized carbons (Fsp3) is 0.125. The fourth-order valence-electron chi connectivity index (χ4n) is 3.48. The van der Waals surface area contributed by atoms with Crippen molar-refractivity contribution in [2.75, 3.05) is 0 Å². The van der Waals surface area contributed by atoms with E-state index in [1.54, 1.807) is 47.3 Å². The van der Waals surface area contributed by atoms with E-state index in [1.165, 1.54) is 12.1 Å². The summed E-state index contributed by atoms with van der Waals surface area (Å²) in [6, 6.07) is 18.8. The number of nitrogens with one attached hydrogen (secondary N) is 2. The number of aryl methyl sites for hydroxylation is 1. The molecule has 2 amide bonds. The number of rotatable bonds is 4. The molecule has 0 radical (unpaired) electrons. The molecule has 7 heteroatoms. The summed E-state index contributed by atoms with van der Waals surface area (Å²) in [6.45, 7) is 1.98. The van der Waals surface area contributed by atoms with Gasteiger partial charge in [0.05, 0.1) is 0 Å². The maximum atomic E-state index is 13.3. The molecular weight excluding hydrogens is 417 g/mol. The van der Waals surface area contributed by atoms with E-state index in [2.05, 4.69) is 10.7 Å². The predicted octanol–water partition coefficient (Wildman–Crippen LogP) is 3.80. The largest absolute Gasteiger partial charge is 0.334 e. The molecule has 3 aromatic rings. The highest BCUT2D eigenvalue weighted by atomic mass is 35.5. The average Bonchev–Trinajstić information content (AvgIpc) is 3.05. The highest BCUT2D eigenvalue weighted by Crippen LogP contribution is 2.26. The van der Waals surface area contributed by atoms with E-state index in [1.807, 2.05) is 31.2 Å². The van der Waals surface area contributed by atoms with Crippen LogP contribution in [0.2, 0.25) is 5.02 Å². The number of hydrazine groups is 1. The molecule has 0 aromatic heterocycles. The molecular formula is C24H20ClFN3O2+. The second-order valence-electron chi connectivity index (χ2n) is 7.38. The third-order valence-corrected chi connectivity index (χ3v) is 5.36. The molecule has 1 fully saturated rings. The Morgan fingerprint density at radius 3 is 2.32 bits per heavy atom. The van der Waals surface area contributed by atoms with E-state index < -0.39 is 12.1 Å². The summed E-state index contributed by atoms with van der Waals surface area (Å²) in [7, 11) is 0. The number of halogens is 2. The smallest absolute Gasteiger partial charge is 0.304 e. The summed E-state index contributed by atoms with van der Waals surface area (Å²) in [6.07, 6.45) is 1.72. The topological polar surface area (TPSA) is 61.2 Å². The summed E-state index contributed by atoms with van der Waals surface area (Å²) in [4.78, 5) is 25.6. The first-order valence-corrected chi connectivity index (χ1v) is 10.1. The van der Waals surface area contributed by atoms with E-state index in [4.69, 9.17) is 11.6 Å². The van der Waals surface area contributed by atoms with Crippen LogP contribution >= 0.6 is 11.6 Å². The maximum Gasteiger partial charge on any atom is 0.304 e. The molecule has 0 aliphatic carbocycles. The van der Waals surface area contributed by atoms with Crippen LogP contribution in [-0.2, 0) is 4.79 Å². The van der Waals surface area contributed by atoms with Crippen molar-refractivity contribution in [3.8, 4) is 0 Å². The number of hydrogen-bond donors (Lipinski definition) is 2. The fourth-order valence-corrected chi connectivity index (χ4v) is 3.61. The van der Waals surface area contributed by atoms with Crippen molar-refractivity contribution in [1.82, 2.24) is 10.7 Å². The zero-order chi connectivity index (χ0) is 22.0. The van der Waals surface area contributed by atoms with Crippen LogP contribution < -0.4 is 10.7 Å². The highest BCUT2D eigenvalue weighted by Gasteiger charge is 2.47. The minimum absolute atomic E-state index is 0.341. The third kappa shape index (κ3) is 4.64. The van der Waals surface area contributed by atoms with Crippen LogP contribution in [0.3, 0.4) is 0 Å². The molecule has 0 bridgehead atoms. The Kier molecular flexibility index (Phi) is 5.82. The Bertz CT molecular complexity index is 1140. The zero-order valence-corrected chi connectivity index (χ0v) is 17.4. The van der Waals surface area contributed by atoms with Gasteiger partial charge in [-0.25, -0.2) is 4.39 Å². The molecule has 1 aliphatic heterocycles. The lowest BCUT2D eigenvalue weighted by Crippen LogP contribution is -2.42. The third-order valence-electron chi connectivity index (χ3n) is 5.11. The molecule has 0 spiro atoms. The summed E-state index contributed by atoms with van der Waals surface area (Å²) >= 11 is 5.90. The van der Waals surface area contributed by atoms with Crippen LogP contribution in [0.15, 0.2) is 72.8 Å². The first-order valence-electron chi connectivity index (χ1n) is 9.73.